The Kier molecular flexibility index (Phi) is 4.00. The van der Waals surface area contributed by atoms with Gasteiger partial charge < -0.3 is 15.6 Å². The van der Waals surface area contributed by atoms with E-state index in [1.807, 2.05) is 0 Å². The lowest BCUT2D eigenvalue weighted by Crippen LogP contribution is -2.15. The van der Waals surface area contributed by atoms with Crippen LogP contribution in [0.25, 0.3) is 0 Å². The van der Waals surface area contributed by atoms with Gasteiger partial charge in [0.05, 0.1) is 11.4 Å². The zero-order chi connectivity index (χ0) is 13.8. The van der Waals surface area contributed by atoms with Crippen molar-refractivity contribution in [1.29, 1.82) is 0 Å². The maximum absolute atomic E-state index is 13.4. The number of nitrogen functional groups attached to an aromatic ring is 1. The van der Waals surface area contributed by atoms with Crippen LogP contribution in [-0.4, -0.2) is 26.4 Å². The average molecular weight is 281 g/mol. The predicted molar refractivity (Wildman–Crippen MR) is 71.2 cm³/mol. The molecule has 2 rings (SSSR count). The zero-order valence-corrected chi connectivity index (χ0v) is 10.9. The molecule has 0 saturated carbocycles. The third kappa shape index (κ3) is 3.44. The molecule has 3 N–H and O–H groups in total. The number of halogens is 1. The van der Waals surface area contributed by atoms with Crippen LogP contribution in [0.5, 0.6) is 0 Å². The highest BCUT2D eigenvalue weighted by Gasteiger charge is 2.10. The molecule has 0 aliphatic heterocycles. The number of aromatic nitrogens is 3. The van der Waals surface area contributed by atoms with Gasteiger partial charge in [-0.25, -0.2) is 4.39 Å². The first-order valence-corrected chi connectivity index (χ1v) is 6.36. The van der Waals surface area contributed by atoms with Gasteiger partial charge in [0.25, 0.3) is 0 Å². The molecule has 6 nitrogen and oxygen atoms in total. The summed E-state index contributed by atoms with van der Waals surface area (Å²) >= 11 is 1.21. The van der Waals surface area contributed by atoms with E-state index in [0.29, 0.717) is 10.8 Å². The molecule has 1 aromatic carbocycles. The second kappa shape index (κ2) is 5.70. The molecule has 0 radical (unpaired) electrons. The minimum Gasteiger partial charge on any atom is -0.399 e. The molecule has 0 unspecified atom stereocenters. The number of amides is 1. The number of aryl methyl sites for hydroxylation is 1. The first kappa shape index (κ1) is 13.3. The van der Waals surface area contributed by atoms with E-state index in [9.17, 15) is 9.18 Å². The molecule has 2 aromatic rings. The molecule has 0 spiro atoms. The number of benzene rings is 1. The van der Waals surface area contributed by atoms with Gasteiger partial charge in [-0.1, -0.05) is 11.8 Å². The monoisotopic (exact) mass is 281 g/mol. The Hall–Kier alpha value is -2.09. The van der Waals surface area contributed by atoms with E-state index in [-0.39, 0.29) is 17.3 Å². The van der Waals surface area contributed by atoms with Crippen LogP contribution in [0.4, 0.5) is 15.8 Å². The van der Waals surface area contributed by atoms with Gasteiger partial charge in [0.15, 0.2) is 5.16 Å². The maximum Gasteiger partial charge on any atom is 0.234 e. The summed E-state index contributed by atoms with van der Waals surface area (Å²) in [6.07, 6.45) is 1.54. The largest absolute Gasteiger partial charge is 0.399 e. The minimum atomic E-state index is -0.522. The first-order valence-electron chi connectivity index (χ1n) is 5.38. The predicted octanol–water partition coefficient (Wildman–Crippen LogP) is 1.27. The van der Waals surface area contributed by atoms with Crippen molar-refractivity contribution in [1.82, 2.24) is 14.8 Å². The van der Waals surface area contributed by atoms with Crippen molar-refractivity contribution < 1.29 is 9.18 Å². The summed E-state index contributed by atoms with van der Waals surface area (Å²) in [5, 5.41) is 10.6. The van der Waals surface area contributed by atoms with Gasteiger partial charge in [-0.3, -0.25) is 4.79 Å². The summed E-state index contributed by atoms with van der Waals surface area (Å²) in [6.45, 7) is 0. The number of hydrogen-bond acceptors (Lipinski definition) is 5. The van der Waals surface area contributed by atoms with Crippen LogP contribution in [0.3, 0.4) is 0 Å². The molecule has 0 atom stereocenters. The molecular weight excluding hydrogens is 269 g/mol. The van der Waals surface area contributed by atoms with Gasteiger partial charge in [0.2, 0.25) is 5.91 Å². The lowest BCUT2D eigenvalue weighted by atomic mass is 10.2. The van der Waals surface area contributed by atoms with Gasteiger partial charge >= 0.3 is 0 Å². The molecule has 8 heteroatoms. The zero-order valence-electron chi connectivity index (χ0n) is 10.1. The fraction of sp³-hybridized carbons (Fsp3) is 0.182. The third-order valence-corrected chi connectivity index (χ3v) is 3.30. The SMILES string of the molecule is Cn1cnnc1SCC(=O)Nc1cc(N)ccc1F. The van der Waals surface area contributed by atoms with Gasteiger partial charge in [0, 0.05) is 12.7 Å². The second-order valence-corrected chi connectivity index (χ2v) is 4.74. The Morgan fingerprint density at radius 2 is 2.37 bits per heavy atom. The standard InChI is InChI=1S/C11H12FN5OS/c1-17-6-14-16-11(17)19-5-10(18)15-9-4-7(13)2-3-8(9)12/h2-4,6H,5,13H2,1H3,(H,15,18). The number of carbonyl (C=O) groups excluding carboxylic acids is 1. The number of carbonyl (C=O) groups is 1. The fourth-order valence-electron chi connectivity index (χ4n) is 1.36. The van der Waals surface area contributed by atoms with Crippen molar-refractivity contribution in [3.63, 3.8) is 0 Å². The first-order chi connectivity index (χ1) is 9.06. The molecule has 0 aliphatic rings. The molecule has 1 heterocycles. The Morgan fingerprint density at radius 1 is 1.58 bits per heavy atom. The summed E-state index contributed by atoms with van der Waals surface area (Å²) in [6, 6.07) is 4.01. The number of thioether (sulfide) groups is 1. The molecule has 1 amide bonds. The Morgan fingerprint density at radius 3 is 3.05 bits per heavy atom. The van der Waals surface area contributed by atoms with E-state index in [0.717, 1.165) is 0 Å². The Balaban J connectivity index is 1.94. The van der Waals surface area contributed by atoms with Crippen LogP contribution >= 0.6 is 11.8 Å². The van der Waals surface area contributed by atoms with Crippen molar-refractivity contribution in [2.24, 2.45) is 7.05 Å². The topological polar surface area (TPSA) is 85.8 Å². The highest BCUT2D eigenvalue weighted by molar-refractivity contribution is 7.99. The quantitative estimate of drug-likeness (QED) is 0.651. The van der Waals surface area contributed by atoms with E-state index in [4.69, 9.17) is 5.73 Å². The van der Waals surface area contributed by atoms with Crippen LogP contribution in [0, 0.1) is 5.82 Å². The number of hydrogen-bond donors (Lipinski definition) is 2. The van der Waals surface area contributed by atoms with Crippen molar-refractivity contribution >= 4 is 29.0 Å². The highest BCUT2D eigenvalue weighted by atomic mass is 32.2. The Bertz CT molecular complexity index is 601. The van der Waals surface area contributed by atoms with Gasteiger partial charge in [-0.2, -0.15) is 0 Å². The molecule has 0 bridgehead atoms. The van der Waals surface area contributed by atoms with Crippen LogP contribution in [0.1, 0.15) is 0 Å². The summed E-state index contributed by atoms with van der Waals surface area (Å²) < 4.78 is 15.1. The van der Waals surface area contributed by atoms with Crippen LogP contribution in [-0.2, 0) is 11.8 Å². The fourth-order valence-corrected chi connectivity index (χ4v) is 2.05. The van der Waals surface area contributed by atoms with E-state index >= 15 is 0 Å². The molecule has 0 fully saturated rings. The van der Waals surface area contributed by atoms with E-state index in [1.165, 1.54) is 36.3 Å². The summed E-state index contributed by atoms with van der Waals surface area (Å²) in [4.78, 5) is 11.7. The summed E-state index contributed by atoms with van der Waals surface area (Å²) in [7, 11) is 1.78. The van der Waals surface area contributed by atoms with Gasteiger partial charge in [-0.05, 0) is 18.2 Å². The Labute approximate surface area is 113 Å². The molecule has 0 aliphatic carbocycles. The normalized spacial score (nSPS) is 10.4. The minimum absolute atomic E-state index is 0.0727. The lowest BCUT2D eigenvalue weighted by Gasteiger charge is -2.06. The van der Waals surface area contributed by atoms with Crippen molar-refractivity contribution in [2.45, 2.75) is 5.16 Å². The van der Waals surface area contributed by atoms with Crippen molar-refractivity contribution in [2.75, 3.05) is 16.8 Å². The lowest BCUT2D eigenvalue weighted by molar-refractivity contribution is -0.113. The maximum atomic E-state index is 13.4. The number of nitrogens with one attached hydrogen (secondary N) is 1. The van der Waals surface area contributed by atoms with Crippen molar-refractivity contribution in [3.8, 4) is 0 Å². The van der Waals surface area contributed by atoms with Gasteiger partial charge in [-0.15, -0.1) is 10.2 Å². The summed E-state index contributed by atoms with van der Waals surface area (Å²) in [5.41, 5.74) is 5.99. The van der Waals surface area contributed by atoms with E-state index in [2.05, 4.69) is 15.5 Å². The molecule has 0 saturated heterocycles. The van der Waals surface area contributed by atoms with E-state index in [1.54, 1.807) is 11.6 Å². The number of anilines is 2. The molecule has 100 valence electrons. The van der Waals surface area contributed by atoms with Crippen LogP contribution < -0.4 is 11.1 Å². The average Bonchev–Trinajstić information content (AvgIpc) is 2.77. The number of nitrogens with two attached hydrogens (primary N) is 1. The van der Waals surface area contributed by atoms with Gasteiger partial charge in [0.1, 0.15) is 12.1 Å². The van der Waals surface area contributed by atoms with Crippen LogP contribution in [0.15, 0.2) is 29.7 Å². The number of nitrogens with zero attached hydrogens (tertiary/aromatic N) is 3. The highest BCUT2D eigenvalue weighted by Crippen LogP contribution is 2.19. The number of rotatable bonds is 4. The molecule has 1 aromatic heterocycles. The molecular formula is C11H12FN5OS. The van der Waals surface area contributed by atoms with Crippen LogP contribution in [0.2, 0.25) is 0 Å². The molecule has 19 heavy (non-hydrogen) atoms. The summed E-state index contributed by atoms with van der Waals surface area (Å²) in [5.74, 6) is -0.746. The smallest absolute Gasteiger partial charge is 0.234 e. The second-order valence-electron chi connectivity index (χ2n) is 3.80. The van der Waals surface area contributed by atoms with E-state index < -0.39 is 5.82 Å². The third-order valence-electron chi connectivity index (χ3n) is 2.27. The van der Waals surface area contributed by atoms with Crippen molar-refractivity contribution in [3.05, 3.63) is 30.3 Å².